The first kappa shape index (κ1) is 25.5. The van der Waals surface area contributed by atoms with Crippen LogP contribution >= 0.6 is 34.4 Å². The lowest BCUT2D eigenvalue weighted by molar-refractivity contribution is -0.122. The van der Waals surface area contributed by atoms with Gasteiger partial charge in [-0.2, -0.15) is 0 Å². The third kappa shape index (κ3) is 6.17. The van der Waals surface area contributed by atoms with Crippen LogP contribution in [-0.2, 0) is 16.1 Å². The van der Waals surface area contributed by atoms with E-state index in [9.17, 15) is 9.59 Å². The van der Waals surface area contributed by atoms with Crippen LogP contribution in [0, 0.1) is 3.57 Å². The number of fused-ring (bicyclic) bond motifs is 1. The van der Waals surface area contributed by atoms with Gasteiger partial charge in [-0.15, -0.1) is 0 Å². The van der Waals surface area contributed by atoms with E-state index < -0.39 is 0 Å². The monoisotopic (exact) mass is 603 g/mol. The zero-order valence-corrected chi connectivity index (χ0v) is 22.6. The first-order valence-electron chi connectivity index (χ1n) is 11.3. The molecule has 1 heterocycles. The average Bonchev–Trinajstić information content (AvgIpc) is 3.11. The van der Waals surface area contributed by atoms with Crippen molar-refractivity contribution in [2.75, 3.05) is 26.9 Å². The normalized spacial score (nSPS) is 14.8. The molecule has 182 valence electrons. The van der Waals surface area contributed by atoms with Crippen LogP contribution in [0.15, 0.2) is 59.5 Å². The average molecular weight is 603 g/mol. The summed E-state index contributed by atoms with van der Waals surface area (Å²) in [6, 6.07) is 18.3. The van der Waals surface area contributed by atoms with Crippen molar-refractivity contribution >= 4 is 62.3 Å². The number of methoxy groups -OCH3 is 1. The summed E-state index contributed by atoms with van der Waals surface area (Å²) < 4.78 is 18.0. The van der Waals surface area contributed by atoms with E-state index in [1.54, 1.807) is 13.2 Å². The molecule has 3 aromatic carbocycles. The molecule has 0 unspecified atom stereocenters. The highest BCUT2D eigenvalue weighted by molar-refractivity contribution is 14.1. The predicted molar refractivity (Wildman–Crippen MR) is 148 cm³/mol. The smallest absolute Gasteiger partial charge is 0.293 e. The molecule has 6 nitrogen and oxygen atoms in total. The van der Waals surface area contributed by atoms with Gasteiger partial charge in [0.25, 0.3) is 11.1 Å². The van der Waals surface area contributed by atoms with Gasteiger partial charge >= 0.3 is 0 Å². The number of halogens is 1. The molecule has 0 aromatic heterocycles. The van der Waals surface area contributed by atoms with Gasteiger partial charge in [0.05, 0.1) is 15.1 Å². The standard InChI is InChI=1S/C27H26INO5S/c1-3-33-23-15-19(16-24-26(30)29(27(31)35-24)11-6-12-32-2)14-22(28)25(23)34-17-18-9-10-20-7-4-5-8-21(20)13-18/h4-5,7-10,13-16H,3,6,11-12,17H2,1-2H3/b24-16+. The fourth-order valence-electron chi connectivity index (χ4n) is 3.77. The molecule has 1 aliphatic rings. The first-order chi connectivity index (χ1) is 17.0. The molecule has 2 amide bonds. The molecule has 1 fully saturated rings. The predicted octanol–water partition coefficient (Wildman–Crippen LogP) is 6.49. The van der Waals surface area contributed by atoms with E-state index in [-0.39, 0.29) is 11.1 Å². The Morgan fingerprint density at radius 3 is 2.60 bits per heavy atom. The van der Waals surface area contributed by atoms with Gasteiger partial charge in [-0.3, -0.25) is 14.5 Å². The van der Waals surface area contributed by atoms with Crippen molar-refractivity contribution in [3.63, 3.8) is 0 Å². The van der Waals surface area contributed by atoms with Crippen molar-refractivity contribution in [1.82, 2.24) is 4.90 Å². The number of nitrogens with zero attached hydrogens (tertiary/aromatic N) is 1. The topological polar surface area (TPSA) is 65.1 Å². The van der Waals surface area contributed by atoms with Crippen LogP contribution in [0.5, 0.6) is 11.5 Å². The van der Waals surface area contributed by atoms with Crippen LogP contribution in [0.25, 0.3) is 16.8 Å². The Hall–Kier alpha value is -2.56. The lowest BCUT2D eigenvalue weighted by Crippen LogP contribution is -2.29. The van der Waals surface area contributed by atoms with Gasteiger partial charge in [-0.05, 0) is 93.9 Å². The summed E-state index contributed by atoms with van der Waals surface area (Å²) in [5.41, 5.74) is 1.84. The fourth-order valence-corrected chi connectivity index (χ4v) is 5.42. The molecule has 8 heteroatoms. The molecule has 0 aliphatic carbocycles. The lowest BCUT2D eigenvalue weighted by atomic mass is 10.1. The summed E-state index contributed by atoms with van der Waals surface area (Å²) >= 11 is 3.17. The summed E-state index contributed by atoms with van der Waals surface area (Å²) in [6.45, 7) is 3.64. The second kappa shape index (κ2) is 11.9. The van der Waals surface area contributed by atoms with Gasteiger partial charge in [0.2, 0.25) is 0 Å². The number of thioether (sulfide) groups is 1. The van der Waals surface area contributed by atoms with Crippen molar-refractivity contribution in [2.24, 2.45) is 0 Å². The molecule has 35 heavy (non-hydrogen) atoms. The largest absolute Gasteiger partial charge is 0.490 e. The van der Waals surface area contributed by atoms with Crippen LogP contribution in [0.4, 0.5) is 4.79 Å². The number of hydrogen-bond acceptors (Lipinski definition) is 6. The molecule has 0 saturated carbocycles. The maximum atomic E-state index is 12.7. The third-order valence-corrected chi connectivity index (χ3v) is 7.14. The maximum Gasteiger partial charge on any atom is 0.293 e. The summed E-state index contributed by atoms with van der Waals surface area (Å²) in [4.78, 5) is 26.7. The Balaban J connectivity index is 1.53. The van der Waals surface area contributed by atoms with Gasteiger partial charge in [0.15, 0.2) is 11.5 Å². The summed E-state index contributed by atoms with van der Waals surface area (Å²) in [5, 5.41) is 2.10. The zero-order chi connectivity index (χ0) is 24.8. The van der Waals surface area contributed by atoms with E-state index >= 15 is 0 Å². The Morgan fingerprint density at radius 1 is 1.03 bits per heavy atom. The van der Waals surface area contributed by atoms with E-state index in [4.69, 9.17) is 14.2 Å². The minimum Gasteiger partial charge on any atom is -0.490 e. The number of benzene rings is 3. The van der Waals surface area contributed by atoms with Crippen molar-refractivity contribution in [2.45, 2.75) is 20.0 Å². The lowest BCUT2D eigenvalue weighted by Gasteiger charge is -2.15. The van der Waals surface area contributed by atoms with Crippen LogP contribution in [0.1, 0.15) is 24.5 Å². The van der Waals surface area contributed by atoms with E-state index in [2.05, 4.69) is 52.9 Å². The zero-order valence-electron chi connectivity index (χ0n) is 19.6. The molecule has 0 N–H and O–H groups in total. The van der Waals surface area contributed by atoms with E-state index in [0.29, 0.717) is 49.2 Å². The SMILES string of the molecule is CCOc1cc(/C=C2/SC(=O)N(CCCOC)C2=O)cc(I)c1OCc1ccc2ccccc2c1. The first-order valence-corrected chi connectivity index (χ1v) is 13.2. The molecule has 4 rings (SSSR count). The molecule has 1 aliphatic heterocycles. The highest BCUT2D eigenvalue weighted by Gasteiger charge is 2.34. The summed E-state index contributed by atoms with van der Waals surface area (Å²) in [5.74, 6) is 0.983. The molecule has 0 atom stereocenters. The molecule has 3 aromatic rings. The Labute approximate surface area is 222 Å². The molecule has 0 radical (unpaired) electrons. The number of carbonyl (C=O) groups excluding carboxylic acids is 2. The molecule has 1 saturated heterocycles. The second-order valence-electron chi connectivity index (χ2n) is 7.91. The molecule has 0 bridgehead atoms. The molecular weight excluding hydrogens is 577 g/mol. The van der Waals surface area contributed by atoms with Gasteiger partial charge in [-0.1, -0.05) is 36.4 Å². The van der Waals surface area contributed by atoms with Crippen molar-refractivity contribution in [3.05, 3.63) is 74.2 Å². The van der Waals surface area contributed by atoms with Crippen molar-refractivity contribution in [1.29, 1.82) is 0 Å². The Bertz CT molecular complexity index is 1280. The molecular formula is C27H26INO5S. The van der Waals surface area contributed by atoms with E-state index in [1.807, 2.05) is 31.2 Å². The minimum absolute atomic E-state index is 0.257. The Kier molecular flexibility index (Phi) is 8.69. The van der Waals surface area contributed by atoms with E-state index in [1.165, 1.54) is 15.7 Å². The van der Waals surface area contributed by atoms with Crippen LogP contribution in [0.2, 0.25) is 0 Å². The van der Waals surface area contributed by atoms with Crippen molar-refractivity contribution < 1.29 is 23.8 Å². The summed E-state index contributed by atoms with van der Waals surface area (Å²) in [6.07, 6.45) is 2.34. The van der Waals surface area contributed by atoms with Crippen LogP contribution in [0.3, 0.4) is 0 Å². The summed E-state index contributed by atoms with van der Waals surface area (Å²) in [7, 11) is 1.60. The second-order valence-corrected chi connectivity index (χ2v) is 10.1. The van der Waals surface area contributed by atoms with Gasteiger partial charge < -0.3 is 14.2 Å². The van der Waals surface area contributed by atoms with Crippen LogP contribution in [-0.4, -0.2) is 42.9 Å². The number of ether oxygens (including phenoxy) is 3. The number of amides is 2. The van der Waals surface area contributed by atoms with Gasteiger partial charge in [0.1, 0.15) is 6.61 Å². The molecule has 0 spiro atoms. The fraction of sp³-hybridized carbons (Fsp3) is 0.259. The van der Waals surface area contributed by atoms with Gasteiger partial charge in [0, 0.05) is 20.3 Å². The maximum absolute atomic E-state index is 12.7. The van der Waals surface area contributed by atoms with Crippen molar-refractivity contribution in [3.8, 4) is 11.5 Å². The van der Waals surface area contributed by atoms with E-state index in [0.717, 1.165) is 26.5 Å². The van der Waals surface area contributed by atoms with Crippen LogP contribution < -0.4 is 9.47 Å². The number of imide groups is 1. The van der Waals surface area contributed by atoms with Gasteiger partial charge in [-0.25, -0.2) is 0 Å². The Morgan fingerprint density at radius 2 is 1.83 bits per heavy atom. The highest BCUT2D eigenvalue weighted by Crippen LogP contribution is 2.38. The minimum atomic E-state index is -0.277. The number of hydrogen-bond donors (Lipinski definition) is 0. The number of carbonyl (C=O) groups is 2. The number of rotatable bonds is 10. The quantitative estimate of drug-likeness (QED) is 0.150. The third-order valence-electron chi connectivity index (χ3n) is 5.43. The highest BCUT2D eigenvalue weighted by atomic mass is 127.